The van der Waals surface area contributed by atoms with Crippen molar-refractivity contribution < 1.29 is 4.74 Å². The smallest absolute Gasteiger partial charge is 0.0590 e. The molecule has 1 aliphatic rings. The number of hydrogen-bond donors (Lipinski definition) is 1. The van der Waals surface area contributed by atoms with Crippen LogP contribution in [0.4, 0.5) is 0 Å². The third-order valence-corrected chi connectivity index (χ3v) is 3.93. The first kappa shape index (κ1) is 14.1. The van der Waals surface area contributed by atoms with E-state index in [4.69, 9.17) is 33.7 Å². The molecule has 1 aliphatic heterocycles. The maximum atomic E-state index is 6.17. The monoisotopic (exact) mass is 287 g/mol. The Kier molecular flexibility index (Phi) is 5.31. The van der Waals surface area contributed by atoms with Crippen LogP contribution in [0.2, 0.25) is 10.0 Å². The lowest BCUT2D eigenvalue weighted by Crippen LogP contribution is -2.31. The second-order valence-electron chi connectivity index (χ2n) is 4.92. The Labute approximate surface area is 118 Å². The minimum atomic E-state index is 0.0732. The van der Waals surface area contributed by atoms with Crippen LogP contribution in [0.3, 0.4) is 0 Å². The molecule has 1 aromatic carbocycles. The maximum absolute atomic E-state index is 6.17. The fraction of sp³-hybridized carbons (Fsp3) is 0.571. The lowest BCUT2D eigenvalue weighted by atomic mass is 9.97. The van der Waals surface area contributed by atoms with Crippen LogP contribution in [0, 0.1) is 0 Å². The Morgan fingerprint density at radius 1 is 1.33 bits per heavy atom. The van der Waals surface area contributed by atoms with Crippen molar-refractivity contribution >= 4 is 23.2 Å². The number of nitrogens with two attached hydrogens (primary N) is 1. The van der Waals surface area contributed by atoms with E-state index >= 15 is 0 Å². The van der Waals surface area contributed by atoms with Crippen LogP contribution >= 0.6 is 23.2 Å². The number of halogens is 2. The second kappa shape index (κ2) is 6.76. The molecule has 1 aromatic rings. The molecule has 0 amide bonds. The number of rotatable bonds is 4. The summed E-state index contributed by atoms with van der Waals surface area (Å²) in [5.41, 5.74) is 7.19. The molecule has 2 unspecified atom stereocenters. The summed E-state index contributed by atoms with van der Waals surface area (Å²) >= 11 is 12.1. The third-order valence-electron chi connectivity index (χ3n) is 3.33. The van der Waals surface area contributed by atoms with Gasteiger partial charge in [0.1, 0.15) is 0 Å². The van der Waals surface area contributed by atoms with Gasteiger partial charge in [-0.25, -0.2) is 0 Å². The van der Waals surface area contributed by atoms with Crippen molar-refractivity contribution in [1.29, 1.82) is 0 Å². The van der Waals surface area contributed by atoms with Crippen molar-refractivity contribution in [1.82, 2.24) is 0 Å². The van der Waals surface area contributed by atoms with Gasteiger partial charge in [0.15, 0.2) is 0 Å². The van der Waals surface area contributed by atoms with Crippen molar-refractivity contribution in [3.05, 3.63) is 33.8 Å². The number of ether oxygens (including phenoxy) is 1. The molecule has 0 saturated carbocycles. The van der Waals surface area contributed by atoms with E-state index in [1.165, 1.54) is 12.8 Å². The third kappa shape index (κ3) is 4.13. The molecule has 2 rings (SSSR count). The van der Waals surface area contributed by atoms with Crippen molar-refractivity contribution in [2.24, 2.45) is 5.73 Å². The highest BCUT2D eigenvalue weighted by molar-refractivity contribution is 6.33. The zero-order valence-electron chi connectivity index (χ0n) is 10.4. The highest BCUT2D eigenvalue weighted by Crippen LogP contribution is 2.23. The first-order valence-electron chi connectivity index (χ1n) is 6.46. The summed E-state index contributed by atoms with van der Waals surface area (Å²) in [6.45, 7) is 0.870. The first-order valence-corrected chi connectivity index (χ1v) is 7.22. The van der Waals surface area contributed by atoms with E-state index in [-0.39, 0.29) is 6.04 Å². The Morgan fingerprint density at radius 3 is 2.89 bits per heavy atom. The van der Waals surface area contributed by atoms with Gasteiger partial charge in [0.2, 0.25) is 0 Å². The fourth-order valence-corrected chi connectivity index (χ4v) is 2.79. The minimum Gasteiger partial charge on any atom is -0.378 e. The molecule has 1 saturated heterocycles. The van der Waals surface area contributed by atoms with E-state index in [9.17, 15) is 0 Å². The van der Waals surface area contributed by atoms with E-state index in [2.05, 4.69) is 0 Å². The van der Waals surface area contributed by atoms with E-state index in [1.807, 2.05) is 12.1 Å². The van der Waals surface area contributed by atoms with Gasteiger partial charge in [-0.05, 0) is 55.9 Å². The summed E-state index contributed by atoms with van der Waals surface area (Å²) in [6, 6.07) is 5.58. The van der Waals surface area contributed by atoms with Gasteiger partial charge in [-0.2, -0.15) is 0 Å². The van der Waals surface area contributed by atoms with Crippen LogP contribution in [0.25, 0.3) is 0 Å². The van der Waals surface area contributed by atoms with Gasteiger partial charge in [0.25, 0.3) is 0 Å². The molecule has 4 heteroatoms. The molecule has 0 aliphatic carbocycles. The normalized spacial score (nSPS) is 21.8. The lowest BCUT2D eigenvalue weighted by Gasteiger charge is -2.25. The summed E-state index contributed by atoms with van der Waals surface area (Å²) < 4.78 is 5.70. The minimum absolute atomic E-state index is 0.0732. The van der Waals surface area contributed by atoms with Gasteiger partial charge in [0.05, 0.1) is 6.10 Å². The molecular weight excluding hydrogens is 269 g/mol. The van der Waals surface area contributed by atoms with Crippen LogP contribution in [-0.2, 0) is 11.2 Å². The number of benzene rings is 1. The SMILES string of the molecule is NC(Cc1cc(Cl)ccc1Cl)CC1CCCCO1. The quantitative estimate of drug-likeness (QED) is 0.914. The predicted molar refractivity (Wildman–Crippen MR) is 76.3 cm³/mol. The Bertz CT molecular complexity index is 391. The topological polar surface area (TPSA) is 35.2 Å². The standard InChI is InChI=1S/C14H19Cl2NO/c15-11-4-5-14(16)10(7-11)8-12(17)9-13-3-1-2-6-18-13/h4-5,7,12-13H,1-3,6,8-9,17H2. The zero-order chi connectivity index (χ0) is 13.0. The van der Waals surface area contributed by atoms with Crippen molar-refractivity contribution in [3.63, 3.8) is 0 Å². The predicted octanol–water partition coefficient (Wildman–Crippen LogP) is 3.82. The average molecular weight is 288 g/mol. The highest BCUT2D eigenvalue weighted by Gasteiger charge is 2.18. The Hall–Kier alpha value is -0.280. The summed E-state index contributed by atoms with van der Waals surface area (Å²) in [6.07, 6.45) is 5.49. The van der Waals surface area contributed by atoms with Gasteiger partial charge in [-0.15, -0.1) is 0 Å². The molecule has 100 valence electrons. The molecule has 0 radical (unpaired) electrons. The second-order valence-corrected chi connectivity index (χ2v) is 5.77. The van der Waals surface area contributed by atoms with E-state index in [0.29, 0.717) is 11.1 Å². The molecule has 1 heterocycles. The van der Waals surface area contributed by atoms with E-state index in [1.54, 1.807) is 6.07 Å². The van der Waals surface area contributed by atoms with Crippen LogP contribution in [-0.4, -0.2) is 18.8 Å². The molecule has 2 N–H and O–H groups in total. The summed E-state index contributed by atoms with van der Waals surface area (Å²) in [7, 11) is 0. The van der Waals surface area contributed by atoms with Gasteiger partial charge in [0, 0.05) is 22.7 Å². The Morgan fingerprint density at radius 2 is 2.17 bits per heavy atom. The average Bonchev–Trinajstić information content (AvgIpc) is 2.35. The molecule has 0 bridgehead atoms. The number of hydrogen-bond acceptors (Lipinski definition) is 2. The van der Waals surface area contributed by atoms with Crippen LogP contribution in [0.5, 0.6) is 0 Å². The lowest BCUT2D eigenvalue weighted by molar-refractivity contribution is 0.00747. The van der Waals surface area contributed by atoms with Crippen LogP contribution in [0.1, 0.15) is 31.2 Å². The van der Waals surface area contributed by atoms with Gasteiger partial charge in [-0.1, -0.05) is 23.2 Å². The first-order chi connectivity index (χ1) is 8.65. The largest absolute Gasteiger partial charge is 0.378 e. The molecule has 2 atom stereocenters. The van der Waals surface area contributed by atoms with Crippen molar-refractivity contribution in [2.75, 3.05) is 6.61 Å². The molecule has 2 nitrogen and oxygen atoms in total. The fourth-order valence-electron chi connectivity index (χ4n) is 2.40. The molecule has 0 spiro atoms. The Balaban J connectivity index is 1.89. The van der Waals surface area contributed by atoms with E-state index < -0.39 is 0 Å². The van der Waals surface area contributed by atoms with Gasteiger partial charge < -0.3 is 10.5 Å². The van der Waals surface area contributed by atoms with Gasteiger partial charge in [-0.3, -0.25) is 0 Å². The molecule has 0 aromatic heterocycles. The van der Waals surface area contributed by atoms with Gasteiger partial charge >= 0.3 is 0 Å². The summed E-state index contributed by atoms with van der Waals surface area (Å²) in [4.78, 5) is 0. The molecule has 18 heavy (non-hydrogen) atoms. The maximum Gasteiger partial charge on any atom is 0.0590 e. The van der Waals surface area contributed by atoms with Crippen molar-refractivity contribution in [2.45, 2.75) is 44.2 Å². The van der Waals surface area contributed by atoms with Crippen molar-refractivity contribution in [3.8, 4) is 0 Å². The van der Waals surface area contributed by atoms with Crippen LogP contribution < -0.4 is 5.73 Å². The van der Waals surface area contributed by atoms with Crippen LogP contribution in [0.15, 0.2) is 18.2 Å². The van der Waals surface area contributed by atoms with E-state index in [0.717, 1.165) is 36.5 Å². The molecule has 1 fully saturated rings. The zero-order valence-corrected chi connectivity index (χ0v) is 11.9. The molecular formula is C14H19Cl2NO. The summed E-state index contributed by atoms with van der Waals surface area (Å²) in [5.74, 6) is 0. The summed E-state index contributed by atoms with van der Waals surface area (Å²) in [5, 5.41) is 1.44. The highest BCUT2D eigenvalue weighted by atomic mass is 35.5.